The predicted molar refractivity (Wildman–Crippen MR) is 80.1 cm³/mol. The molecule has 2 rings (SSSR count). The molecule has 0 aromatic heterocycles. The van der Waals surface area contributed by atoms with E-state index >= 15 is 0 Å². The van der Waals surface area contributed by atoms with Gasteiger partial charge in [-0.15, -0.1) is 0 Å². The van der Waals surface area contributed by atoms with Crippen molar-refractivity contribution in [3.8, 4) is 0 Å². The molecular formula is C16H28OS. The summed E-state index contributed by atoms with van der Waals surface area (Å²) < 4.78 is 0. The molecule has 0 spiro atoms. The van der Waals surface area contributed by atoms with Gasteiger partial charge in [0.05, 0.1) is 0 Å². The van der Waals surface area contributed by atoms with Crippen LogP contribution in [0.15, 0.2) is 0 Å². The summed E-state index contributed by atoms with van der Waals surface area (Å²) in [5.74, 6) is 2.90. The highest BCUT2D eigenvalue weighted by Gasteiger charge is 2.27. The van der Waals surface area contributed by atoms with Crippen LogP contribution in [0.3, 0.4) is 0 Å². The van der Waals surface area contributed by atoms with Crippen LogP contribution in [0.25, 0.3) is 0 Å². The van der Waals surface area contributed by atoms with E-state index in [2.05, 4.69) is 11.8 Å². The molecule has 0 aromatic rings. The molecule has 1 aliphatic heterocycles. The third kappa shape index (κ3) is 4.95. The maximum absolute atomic E-state index is 11.6. The first kappa shape index (κ1) is 14.4. The molecule has 1 nitrogen and oxygen atoms in total. The zero-order chi connectivity index (χ0) is 12.6. The maximum atomic E-state index is 11.6. The normalized spacial score (nSPS) is 32.8. The lowest BCUT2D eigenvalue weighted by Gasteiger charge is -2.33. The van der Waals surface area contributed by atoms with Crippen molar-refractivity contribution in [1.29, 1.82) is 0 Å². The summed E-state index contributed by atoms with van der Waals surface area (Å²) in [6, 6.07) is 0. The van der Waals surface area contributed by atoms with Crippen molar-refractivity contribution in [3.63, 3.8) is 0 Å². The van der Waals surface area contributed by atoms with Gasteiger partial charge in [-0.1, -0.05) is 32.1 Å². The van der Waals surface area contributed by atoms with Crippen molar-refractivity contribution in [1.82, 2.24) is 0 Å². The lowest BCUT2D eigenvalue weighted by atomic mass is 9.90. The van der Waals surface area contributed by atoms with Crippen LogP contribution in [0.5, 0.6) is 0 Å². The van der Waals surface area contributed by atoms with Gasteiger partial charge >= 0.3 is 0 Å². The predicted octanol–water partition coefficient (Wildman–Crippen LogP) is 4.98. The molecule has 2 fully saturated rings. The van der Waals surface area contributed by atoms with E-state index in [1.807, 2.05) is 0 Å². The van der Waals surface area contributed by atoms with Crippen LogP contribution in [0.1, 0.15) is 77.0 Å². The highest BCUT2D eigenvalue weighted by Crippen LogP contribution is 2.39. The van der Waals surface area contributed by atoms with Crippen LogP contribution in [0, 0.1) is 5.92 Å². The molecule has 0 radical (unpaired) electrons. The van der Waals surface area contributed by atoms with Crippen molar-refractivity contribution < 1.29 is 4.79 Å². The Bertz CT molecular complexity index is 247. The molecule has 2 heteroatoms. The van der Waals surface area contributed by atoms with E-state index in [-0.39, 0.29) is 0 Å². The van der Waals surface area contributed by atoms with Gasteiger partial charge in [0.1, 0.15) is 5.78 Å². The van der Waals surface area contributed by atoms with Gasteiger partial charge in [-0.25, -0.2) is 0 Å². The number of hydrogen-bond acceptors (Lipinski definition) is 2. The average molecular weight is 268 g/mol. The molecule has 2 atom stereocenters. The summed E-state index contributed by atoms with van der Waals surface area (Å²) >= 11 is 2.20. The van der Waals surface area contributed by atoms with E-state index in [0.29, 0.717) is 5.78 Å². The van der Waals surface area contributed by atoms with E-state index < -0.39 is 0 Å². The second-order valence-electron chi connectivity index (χ2n) is 6.05. The first-order valence-electron chi connectivity index (χ1n) is 7.99. The SMILES string of the molecule is O=C1CCCCCCC(C2CCS2)CCCCC1. The fraction of sp³-hybridized carbons (Fsp3) is 0.938. The van der Waals surface area contributed by atoms with Crippen LogP contribution in [0.4, 0.5) is 0 Å². The summed E-state index contributed by atoms with van der Waals surface area (Å²) in [6.07, 6.45) is 15.0. The molecule has 0 bridgehead atoms. The van der Waals surface area contributed by atoms with Crippen LogP contribution in [-0.4, -0.2) is 16.8 Å². The molecule has 2 unspecified atom stereocenters. The third-order valence-corrected chi connectivity index (χ3v) is 6.09. The Hall–Kier alpha value is 0.0200. The summed E-state index contributed by atoms with van der Waals surface area (Å²) in [4.78, 5) is 11.6. The highest BCUT2D eigenvalue weighted by atomic mass is 32.2. The molecule has 1 aliphatic carbocycles. The number of rotatable bonds is 1. The van der Waals surface area contributed by atoms with Crippen molar-refractivity contribution in [2.75, 3.05) is 5.75 Å². The monoisotopic (exact) mass is 268 g/mol. The largest absolute Gasteiger partial charge is 0.300 e. The van der Waals surface area contributed by atoms with E-state index in [9.17, 15) is 4.79 Å². The summed E-state index contributed by atoms with van der Waals surface area (Å²) in [5.41, 5.74) is 0. The highest BCUT2D eigenvalue weighted by molar-refractivity contribution is 8.01. The van der Waals surface area contributed by atoms with Crippen molar-refractivity contribution in [2.45, 2.75) is 82.3 Å². The lowest BCUT2D eigenvalue weighted by Crippen LogP contribution is -2.26. The Balaban J connectivity index is 1.75. The lowest BCUT2D eigenvalue weighted by molar-refractivity contribution is -0.119. The van der Waals surface area contributed by atoms with Gasteiger partial charge in [0.15, 0.2) is 0 Å². The minimum absolute atomic E-state index is 0.514. The summed E-state index contributed by atoms with van der Waals surface area (Å²) in [6.45, 7) is 0. The smallest absolute Gasteiger partial charge is 0.132 e. The van der Waals surface area contributed by atoms with E-state index in [1.165, 1.54) is 57.1 Å². The summed E-state index contributed by atoms with van der Waals surface area (Å²) in [5, 5.41) is 0.983. The van der Waals surface area contributed by atoms with Crippen molar-refractivity contribution >= 4 is 17.5 Å². The number of thioether (sulfide) groups is 1. The Kier molecular flexibility index (Phi) is 6.61. The standard InChI is InChI=1S/C16H28OS/c17-15-10-6-2-1-4-8-14(16-12-13-18-16)9-5-3-7-11-15/h14,16H,1-13H2. The second kappa shape index (κ2) is 8.24. The number of ketones is 1. The molecular weight excluding hydrogens is 240 g/mol. The Morgan fingerprint density at radius 1 is 0.778 bits per heavy atom. The number of Topliss-reactive ketones (excluding diaryl/α,β-unsaturated/α-hetero) is 1. The van der Waals surface area contributed by atoms with Gasteiger partial charge in [0.25, 0.3) is 0 Å². The number of hydrogen-bond donors (Lipinski definition) is 0. The van der Waals surface area contributed by atoms with E-state index in [4.69, 9.17) is 0 Å². The van der Waals surface area contributed by atoms with Crippen LogP contribution in [0.2, 0.25) is 0 Å². The number of carbonyl (C=O) groups excluding carboxylic acids is 1. The summed E-state index contributed by atoms with van der Waals surface area (Å²) in [7, 11) is 0. The van der Waals surface area contributed by atoms with Gasteiger partial charge in [-0.3, -0.25) is 4.79 Å². The fourth-order valence-corrected chi connectivity index (χ4v) is 4.31. The molecule has 2 aliphatic rings. The molecule has 1 saturated carbocycles. The van der Waals surface area contributed by atoms with Gasteiger partial charge in [-0.05, 0) is 43.8 Å². The van der Waals surface area contributed by atoms with Crippen molar-refractivity contribution in [2.24, 2.45) is 5.92 Å². The number of carbonyl (C=O) groups is 1. The molecule has 1 saturated heterocycles. The molecule has 1 heterocycles. The van der Waals surface area contributed by atoms with Crippen LogP contribution < -0.4 is 0 Å². The molecule has 18 heavy (non-hydrogen) atoms. The van der Waals surface area contributed by atoms with Gasteiger partial charge < -0.3 is 0 Å². The van der Waals surface area contributed by atoms with Crippen LogP contribution in [-0.2, 0) is 4.79 Å². The van der Waals surface area contributed by atoms with Gasteiger partial charge in [0.2, 0.25) is 0 Å². The second-order valence-corrected chi connectivity index (χ2v) is 7.40. The first-order chi connectivity index (χ1) is 8.86. The van der Waals surface area contributed by atoms with E-state index in [0.717, 1.165) is 36.9 Å². The maximum Gasteiger partial charge on any atom is 0.132 e. The zero-order valence-corrected chi connectivity index (χ0v) is 12.5. The molecule has 104 valence electrons. The zero-order valence-electron chi connectivity index (χ0n) is 11.7. The fourth-order valence-electron chi connectivity index (χ4n) is 3.25. The first-order valence-corrected chi connectivity index (χ1v) is 9.04. The molecule has 0 amide bonds. The van der Waals surface area contributed by atoms with Gasteiger partial charge in [0, 0.05) is 18.1 Å². The minimum Gasteiger partial charge on any atom is -0.300 e. The van der Waals surface area contributed by atoms with Gasteiger partial charge in [-0.2, -0.15) is 11.8 Å². The Morgan fingerprint density at radius 2 is 1.33 bits per heavy atom. The average Bonchev–Trinajstić information content (AvgIpc) is 2.31. The molecule has 0 N–H and O–H groups in total. The quantitative estimate of drug-likeness (QED) is 0.667. The Morgan fingerprint density at radius 3 is 1.89 bits per heavy atom. The Labute approximate surface area is 116 Å². The topological polar surface area (TPSA) is 17.1 Å². The minimum atomic E-state index is 0.514. The van der Waals surface area contributed by atoms with Crippen molar-refractivity contribution in [3.05, 3.63) is 0 Å². The van der Waals surface area contributed by atoms with E-state index in [1.54, 1.807) is 0 Å². The third-order valence-electron chi connectivity index (χ3n) is 4.57. The van der Waals surface area contributed by atoms with Crippen LogP contribution >= 0.6 is 11.8 Å². The molecule has 0 aromatic carbocycles.